The summed E-state index contributed by atoms with van der Waals surface area (Å²) in [6, 6.07) is 9.24. The third-order valence-corrected chi connectivity index (χ3v) is 5.30. The standard InChI is InChI=1S/C20H25N5O2S/c1-4-5-12-24-19(27)15-8-6-7-9-16(15)22-20(24)28-13-18(26)23-17-10-11-21-25(17)14(2)3/h6-11,14H,4-5,12-13H2,1-3H3,(H,23,26). The maximum absolute atomic E-state index is 12.9. The molecule has 0 bridgehead atoms. The molecule has 1 N–H and O–H groups in total. The normalized spacial score (nSPS) is 11.3. The number of nitrogens with one attached hydrogen (secondary N) is 1. The Kier molecular flexibility index (Phi) is 6.51. The lowest BCUT2D eigenvalue weighted by molar-refractivity contribution is -0.113. The molecule has 0 aliphatic rings. The Morgan fingerprint density at radius 3 is 2.79 bits per heavy atom. The highest BCUT2D eigenvalue weighted by atomic mass is 32.2. The van der Waals surface area contributed by atoms with Crippen molar-refractivity contribution < 1.29 is 4.79 Å². The largest absolute Gasteiger partial charge is 0.310 e. The smallest absolute Gasteiger partial charge is 0.262 e. The molecule has 0 atom stereocenters. The van der Waals surface area contributed by atoms with Crippen LogP contribution in [0.3, 0.4) is 0 Å². The van der Waals surface area contributed by atoms with Crippen LogP contribution >= 0.6 is 11.8 Å². The molecule has 3 aromatic rings. The minimum Gasteiger partial charge on any atom is -0.310 e. The van der Waals surface area contributed by atoms with E-state index in [-0.39, 0.29) is 23.3 Å². The minimum absolute atomic E-state index is 0.0557. The molecule has 1 aromatic carbocycles. The number of para-hydroxylation sites is 1. The third-order valence-electron chi connectivity index (χ3n) is 4.32. The van der Waals surface area contributed by atoms with Gasteiger partial charge in [0.1, 0.15) is 5.82 Å². The number of aromatic nitrogens is 4. The van der Waals surface area contributed by atoms with E-state index in [0.717, 1.165) is 12.8 Å². The van der Waals surface area contributed by atoms with Crippen LogP contribution < -0.4 is 10.9 Å². The van der Waals surface area contributed by atoms with E-state index in [2.05, 4.69) is 22.3 Å². The number of anilines is 1. The zero-order valence-electron chi connectivity index (χ0n) is 16.4. The Hall–Kier alpha value is -2.61. The van der Waals surface area contributed by atoms with Gasteiger partial charge in [-0.25, -0.2) is 9.67 Å². The number of thioether (sulfide) groups is 1. The lowest BCUT2D eigenvalue weighted by Crippen LogP contribution is -2.24. The fourth-order valence-electron chi connectivity index (χ4n) is 2.91. The van der Waals surface area contributed by atoms with Crippen molar-refractivity contribution in [2.24, 2.45) is 0 Å². The van der Waals surface area contributed by atoms with Crippen molar-refractivity contribution in [2.45, 2.75) is 51.4 Å². The summed E-state index contributed by atoms with van der Waals surface area (Å²) < 4.78 is 3.44. The van der Waals surface area contributed by atoms with Crippen LogP contribution in [0.25, 0.3) is 10.9 Å². The summed E-state index contributed by atoms with van der Waals surface area (Å²) in [5.41, 5.74) is 0.598. The number of carbonyl (C=O) groups excluding carboxylic acids is 1. The van der Waals surface area contributed by atoms with Crippen molar-refractivity contribution in [2.75, 3.05) is 11.1 Å². The van der Waals surface area contributed by atoms with Crippen molar-refractivity contribution in [3.05, 3.63) is 46.9 Å². The molecular formula is C20H25N5O2S. The number of amides is 1. The van der Waals surface area contributed by atoms with Gasteiger partial charge in [-0.15, -0.1) is 0 Å². The summed E-state index contributed by atoms with van der Waals surface area (Å²) in [7, 11) is 0. The van der Waals surface area contributed by atoms with Crippen LogP contribution in [0.5, 0.6) is 0 Å². The molecule has 0 saturated heterocycles. The van der Waals surface area contributed by atoms with Crippen LogP contribution in [0.1, 0.15) is 39.7 Å². The predicted octanol–water partition coefficient (Wildman–Crippen LogP) is 3.70. The zero-order chi connectivity index (χ0) is 20.1. The lowest BCUT2D eigenvalue weighted by atomic mass is 10.2. The van der Waals surface area contributed by atoms with Gasteiger partial charge in [-0.05, 0) is 32.4 Å². The predicted molar refractivity (Wildman–Crippen MR) is 113 cm³/mol. The molecule has 0 radical (unpaired) electrons. The first-order valence-electron chi connectivity index (χ1n) is 9.47. The van der Waals surface area contributed by atoms with E-state index in [4.69, 9.17) is 0 Å². The summed E-state index contributed by atoms with van der Waals surface area (Å²) in [5.74, 6) is 0.674. The van der Waals surface area contributed by atoms with E-state index in [1.807, 2.05) is 32.0 Å². The average molecular weight is 400 g/mol. The van der Waals surface area contributed by atoms with E-state index in [0.29, 0.717) is 28.4 Å². The lowest BCUT2D eigenvalue weighted by Gasteiger charge is -2.14. The molecule has 0 fully saturated rings. The van der Waals surface area contributed by atoms with Gasteiger partial charge in [0.2, 0.25) is 5.91 Å². The Labute approximate surface area is 168 Å². The molecule has 0 unspecified atom stereocenters. The second-order valence-electron chi connectivity index (χ2n) is 6.81. The molecule has 8 heteroatoms. The van der Waals surface area contributed by atoms with Crippen molar-refractivity contribution >= 4 is 34.4 Å². The van der Waals surface area contributed by atoms with Gasteiger partial charge >= 0.3 is 0 Å². The molecular weight excluding hydrogens is 374 g/mol. The third kappa shape index (κ3) is 4.44. The van der Waals surface area contributed by atoms with Gasteiger partial charge < -0.3 is 5.32 Å². The summed E-state index contributed by atoms with van der Waals surface area (Å²) in [6.45, 7) is 6.68. The minimum atomic E-state index is -0.156. The molecule has 0 saturated carbocycles. The van der Waals surface area contributed by atoms with E-state index in [1.165, 1.54) is 11.8 Å². The van der Waals surface area contributed by atoms with Crippen LogP contribution in [0.2, 0.25) is 0 Å². The van der Waals surface area contributed by atoms with Gasteiger partial charge in [-0.3, -0.25) is 14.2 Å². The first-order chi connectivity index (χ1) is 13.5. The van der Waals surface area contributed by atoms with Crippen molar-refractivity contribution in [1.82, 2.24) is 19.3 Å². The maximum Gasteiger partial charge on any atom is 0.262 e. The van der Waals surface area contributed by atoms with E-state index in [1.54, 1.807) is 27.6 Å². The molecule has 0 aliphatic heterocycles. The molecule has 3 rings (SSSR count). The molecule has 0 aliphatic carbocycles. The molecule has 7 nitrogen and oxygen atoms in total. The van der Waals surface area contributed by atoms with Crippen LogP contribution in [0.15, 0.2) is 46.5 Å². The molecule has 148 valence electrons. The molecule has 1 amide bonds. The van der Waals surface area contributed by atoms with Crippen LogP contribution in [-0.4, -0.2) is 31.0 Å². The highest BCUT2D eigenvalue weighted by molar-refractivity contribution is 7.99. The van der Waals surface area contributed by atoms with E-state index < -0.39 is 0 Å². The number of rotatable bonds is 8. The van der Waals surface area contributed by atoms with Gasteiger partial charge in [0.25, 0.3) is 5.56 Å². The fraction of sp³-hybridized carbons (Fsp3) is 0.400. The van der Waals surface area contributed by atoms with Crippen LogP contribution in [0, 0.1) is 0 Å². The number of unbranched alkanes of at least 4 members (excludes halogenated alkanes) is 1. The van der Waals surface area contributed by atoms with Gasteiger partial charge in [-0.2, -0.15) is 5.10 Å². The van der Waals surface area contributed by atoms with Gasteiger partial charge in [0.15, 0.2) is 5.16 Å². The van der Waals surface area contributed by atoms with E-state index >= 15 is 0 Å². The number of benzene rings is 1. The zero-order valence-corrected chi connectivity index (χ0v) is 17.2. The first kappa shape index (κ1) is 20.1. The van der Waals surface area contributed by atoms with Gasteiger partial charge in [-0.1, -0.05) is 37.2 Å². The van der Waals surface area contributed by atoms with Crippen LogP contribution in [-0.2, 0) is 11.3 Å². The average Bonchev–Trinajstić information content (AvgIpc) is 3.14. The van der Waals surface area contributed by atoms with Crippen molar-refractivity contribution in [3.63, 3.8) is 0 Å². The SMILES string of the molecule is CCCCn1c(SCC(=O)Nc2ccnn2C(C)C)nc2ccccc2c1=O. The number of hydrogen-bond donors (Lipinski definition) is 1. The van der Waals surface area contributed by atoms with Crippen LogP contribution in [0.4, 0.5) is 5.82 Å². The Morgan fingerprint density at radius 2 is 2.04 bits per heavy atom. The summed E-state index contributed by atoms with van der Waals surface area (Å²) >= 11 is 1.28. The second kappa shape index (κ2) is 9.05. The van der Waals surface area contributed by atoms with Gasteiger partial charge in [0.05, 0.1) is 22.9 Å². The summed E-state index contributed by atoms with van der Waals surface area (Å²) in [5, 5.41) is 8.28. The second-order valence-corrected chi connectivity index (χ2v) is 7.76. The number of carbonyl (C=O) groups is 1. The Morgan fingerprint density at radius 1 is 1.25 bits per heavy atom. The molecule has 2 aromatic heterocycles. The molecule has 2 heterocycles. The molecule has 28 heavy (non-hydrogen) atoms. The highest BCUT2D eigenvalue weighted by Crippen LogP contribution is 2.19. The first-order valence-corrected chi connectivity index (χ1v) is 10.5. The highest BCUT2D eigenvalue weighted by Gasteiger charge is 2.14. The monoisotopic (exact) mass is 399 g/mol. The van der Waals surface area contributed by atoms with E-state index in [9.17, 15) is 9.59 Å². The maximum atomic E-state index is 12.9. The summed E-state index contributed by atoms with van der Waals surface area (Å²) in [6.07, 6.45) is 3.52. The molecule has 0 spiro atoms. The fourth-order valence-corrected chi connectivity index (χ4v) is 3.73. The number of nitrogens with zero attached hydrogens (tertiary/aromatic N) is 4. The quantitative estimate of drug-likeness (QED) is 0.461. The Bertz CT molecular complexity index is 1020. The topological polar surface area (TPSA) is 81.8 Å². The van der Waals surface area contributed by atoms with Crippen molar-refractivity contribution in [1.29, 1.82) is 0 Å². The van der Waals surface area contributed by atoms with Crippen molar-refractivity contribution in [3.8, 4) is 0 Å². The summed E-state index contributed by atoms with van der Waals surface area (Å²) in [4.78, 5) is 29.9. The van der Waals surface area contributed by atoms with Gasteiger partial charge in [0, 0.05) is 18.7 Å². The number of fused-ring (bicyclic) bond motifs is 1. The Balaban J connectivity index is 1.80. The number of hydrogen-bond acceptors (Lipinski definition) is 5.